The molecule has 2 aromatic heterocycles. The minimum atomic E-state index is -0.740. The van der Waals surface area contributed by atoms with Crippen LogP contribution in [0.5, 0.6) is 0 Å². The standard InChI is InChI=1S/C84H62N2O2/c1-81(2,3)51-37-41-53(42-38-51)85(73-33-19-27-63-61-25-11-17-35-75(61)87-79(63)73)55-45-47-65-71(49-55)83(67-29-13-7-21-57(67)58-22-8-14-30-68(58)83)78-66-48-46-56(50-72(66)84(77(65)78)69-31-15-9-23-59(69)60-24-10-16-32-70(60)84)86(54-43-39-52(40-44-54)82(4,5)6)74-34-20-28-64-62-26-12-18-36-76(62)88-80(64)74/h7-50H,1-6H3. The summed E-state index contributed by atoms with van der Waals surface area (Å²) in [5, 5.41) is 4.39. The highest BCUT2D eigenvalue weighted by Gasteiger charge is 2.63. The van der Waals surface area contributed by atoms with Crippen molar-refractivity contribution >= 4 is 89.1 Å². The molecule has 0 unspecified atom stereocenters. The summed E-state index contributed by atoms with van der Waals surface area (Å²) in [6.45, 7) is 13.7. The second-order valence-corrected chi connectivity index (χ2v) is 26.7. The first-order valence-corrected chi connectivity index (χ1v) is 31.0. The van der Waals surface area contributed by atoms with E-state index in [1.807, 2.05) is 0 Å². The van der Waals surface area contributed by atoms with Crippen molar-refractivity contribution in [3.63, 3.8) is 0 Å². The van der Waals surface area contributed by atoms with Gasteiger partial charge < -0.3 is 18.6 Å². The highest BCUT2D eigenvalue weighted by atomic mass is 16.3. The zero-order chi connectivity index (χ0) is 59.0. The minimum Gasteiger partial charge on any atom is -0.454 e. The van der Waals surface area contributed by atoms with Gasteiger partial charge in [-0.3, -0.25) is 0 Å². The van der Waals surface area contributed by atoms with Gasteiger partial charge in [-0.05, 0) is 173 Å². The van der Waals surface area contributed by atoms with Crippen LogP contribution in [0.1, 0.15) is 97.2 Å². The fraction of sp³-hybridized carbons (Fsp3) is 0.119. The summed E-state index contributed by atoms with van der Waals surface area (Å²) in [6, 6.07) is 100. The van der Waals surface area contributed by atoms with Gasteiger partial charge in [0.1, 0.15) is 11.2 Å². The first-order chi connectivity index (χ1) is 42.9. The lowest BCUT2D eigenvalue weighted by Crippen LogP contribution is -2.29. The summed E-state index contributed by atoms with van der Waals surface area (Å²) < 4.78 is 13.9. The maximum atomic E-state index is 6.97. The van der Waals surface area contributed by atoms with Gasteiger partial charge in [0.25, 0.3) is 0 Å². The first-order valence-electron chi connectivity index (χ1n) is 31.0. The lowest BCUT2D eigenvalue weighted by Gasteiger charge is -2.36. The molecule has 4 heteroatoms. The topological polar surface area (TPSA) is 32.8 Å². The number of nitrogens with zero attached hydrogens (tertiary/aromatic N) is 2. The number of furan rings is 2. The fourth-order valence-corrected chi connectivity index (χ4v) is 16.2. The summed E-state index contributed by atoms with van der Waals surface area (Å²) >= 11 is 0. The average molecular weight is 1130 g/mol. The molecule has 2 spiro atoms. The molecule has 0 saturated heterocycles. The molecule has 0 N–H and O–H groups in total. The number of hydrogen-bond acceptors (Lipinski definition) is 4. The Balaban J connectivity index is 0.943. The van der Waals surface area contributed by atoms with Crippen molar-refractivity contribution in [2.24, 2.45) is 0 Å². The molecular formula is C84H62N2O2. The third-order valence-electron chi connectivity index (χ3n) is 20.0. The third-order valence-corrected chi connectivity index (χ3v) is 20.0. The van der Waals surface area contributed by atoms with Crippen molar-refractivity contribution in [3.05, 3.63) is 323 Å². The smallest absolute Gasteiger partial charge is 0.159 e. The molecule has 4 nitrogen and oxygen atoms in total. The van der Waals surface area contributed by atoms with Crippen LogP contribution < -0.4 is 9.80 Å². The molecule has 12 aromatic carbocycles. The molecule has 2 heterocycles. The van der Waals surface area contributed by atoms with Crippen molar-refractivity contribution in [2.75, 3.05) is 9.80 Å². The van der Waals surface area contributed by atoms with Gasteiger partial charge in [0.05, 0.1) is 22.2 Å². The van der Waals surface area contributed by atoms with Gasteiger partial charge in [0.2, 0.25) is 0 Å². The summed E-state index contributed by atoms with van der Waals surface area (Å²) in [5.41, 5.74) is 28.7. The van der Waals surface area contributed by atoms with Crippen molar-refractivity contribution in [1.82, 2.24) is 0 Å². The molecule has 0 saturated carbocycles. The van der Waals surface area contributed by atoms with E-state index >= 15 is 0 Å². The van der Waals surface area contributed by atoms with Gasteiger partial charge in [-0.25, -0.2) is 0 Å². The average Bonchev–Trinajstić information content (AvgIpc) is 1.47. The first kappa shape index (κ1) is 50.9. The molecule has 0 amide bonds. The summed E-state index contributed by atoms with van der Waals surface area (Å²) in [6.07, 6.45) is 0. The van der Waals surface area contributed by atoms with Gasteiger partial charge in [0, 0.05) is 44.3 Å². The van der Waals surface area contributed by atoms with Crippen LogP contribution in [-0.4, -0.2) is 0 Å². The van der Waals surface area contributed by atoms with Gasteiger partial charge in [0.15, 0.2) is 11.2 Å². The van der Waals surface area contributed by atoms with E-state index in [1.165, 1.54) is 89.0 Å². The number of benzene rings is 12. The molecule has 88 heavy (non-hydrogen) atoms. The van der Waals surface area contributed by atoms with Crippen molar-refractivity contribution in [1.29, 1.82) is 0 Å². The fourth-order valence-electron chi connectivity index (χ4n) is 16.2. The Morgan fingerprint density at radius 3 is 0.955 bits per heavy atom. The second kappa shape index (κ2) is 18.1. The largest absolute Gasteiger partial charge is 0.454 e. The number of fused-ring (bicyclic) bond motifs is 24. The molecule has 0 aliphatic heterocycles. The molecule has 0 fully saturated rings. The SMILES string of the molecule is CC(C)(C)c1ccc(N(c2ccc3c(c2)C2(C4=C3C3(c5cc(N(c6ccc(C(C)(C)C)cc6)c6cccc7c6oc6ccccc67)ccc54)c4ccccc4-c4ccccc43)c3ccccc3-c3ccccc32)c2cccc3c2oc2ccccc23)cc1. The summed E-state index contributed by atoms with van der Waals surface area (Å²) in [5.74, 6) is 0. The Kier molecular flexibility index (Phi) is 10.4. The van der Waals surface area contributed by atoms with E-state index in [0.717, 1.165) is 78.0 Å². The Morgan fingerprint density at radius 1 is 0.273 bits per heavy atom. The summed E-state index contributed by atoms with van der Waals surface area (Å²) in [4.78, 5) is 4.89. The summed E-state index contributed by atoms with van der Waals surface area (Å²) in [7, 11) is 0. The van der Waals surface area contributed by atoms with Gasteiger partial charge in [-0.1, -0.05) is 236 Å². The molecule has 420 valence electrons. The van der Waals surface area contributed by atoms with Crippen molar-refractivity contribution < 1.29 is 8.83 Å². The lowest BCUT2D eigenvalue weighted by molar-refractivity contribution is 0.590. The molecule has 0 atom stereocenters. The maximum absolute atomic E-state index is 6.97. The molecule has 4 aliphatic carbocycles. The lowest BCUT2D eigenvalue weighted by atomic mass is 9.66. The molecule has 0 radical (unpaired) electrons. The minimum absolute atomic E-state index is 0.0272. The van der Waals surface area contributed by atoms with Crippen LogP contribution in [-0.2, 0) is 21.7 Å². The van der Waals surface area contributed by atoms with Gasteiger partial charge in [-0.15, -0.1) is 0 Å². The van der Waals surface area contributed by atoms with Gasteiger partial charge >= 0.3 is 0 Å². The van der Waals surface area contributed by atoms with E-state index in [9.17, 15) is 0 Å². The van der Waals surface area contributed by atoms with Crippen LogP contribution in [0.15, 0.2) is 276 Å². The quantitative estimate of drug-likeness (QED) is 0.166. The van der Waals surface area contributed by atoms with Crippen LogP contribution in [0.3, 0.4) is 0 Å². The predicted octanol–water partition coefficient (Wildman–Crippen LogP) is 22.6. The number of anilines is 6. The normalized spacial score (nSPS) is 14.6. The number of rotatable bonds is 6. The van der Waals surface area contributed by atoms with E-state index in [-0.39, 0.29) is 10.8 Å². The number of para-hydroxylation sites is 4. The molecule has 14 aromatic rings. The van der Waals surface area contributed by atoms with E-state index in [0.29, 0.717) is 0 Å². The van der Waals surface area contributed by atoms with Gasteiger partial charge in [-0.2, -0.15) is 0 Å². The van der Waals surface area contributed by atoms with Crippen molar-refractivity contribution in [2.45, 2.75) is 63.2 Å². The zero-order valence-electron chi connectivity index (χ0n) is 50.1. The molecular weight excluding hydrogens is 1070 g/mol. The van der Waals surface area contributed by atoms with Crippen LogP contribution in [0, 0.1) is 0 Å². The van der Waals surface area contributed by atoms with E-state index < -0.39 is 10.8 Å². The highest BCUT2D eigenvalue weighted by Crippen LogP contribution is 2.75. The molecule has 4 aliphatic rings. The van der Waals surface area contributed by atoms with Crippen molar-refractivity contribution in [3.8, 4) is 22.3 Å². The predicted molar refractivity (Wildman–Crippen MR) is 365 cm³/mol. The van der Waals surface area contributed by atoms with E-state index in [4.69, 9.17) is 8.83 Å². The Morgan fingerprint density at radius 2 is 0.591 bits per heavy atom. The van der Waals surface area contributed by atoms with Crippen LogP contribution in [0.2, 0.25) is 0 Å². The molecule has 18 rings (SSSR count). The Bertz CT molecular complexity index is 4880. The van der Waals surface area contributed by atoms with E-state index in [1.54, 1.807) is 0 Å². The second-order valence-electron chi connectivity index (χ2n) is 26.7. The Labute approximate surface area is 512 Å². The monoisotopic (exact) mass is 1130 g/mol. The molecule has 0 bridgehead atoms. The van der Waals surface area contributed by atoms with Crippen LogP contribution in [0.25, 0.3) is 77.3 Å². The highest BCUT2D eigenvalue weighted by molar-refractivity contribution is 6.20. The number of allylic oxidation sites excluding steroid dienone is 2. The third kappa shape index (κ3) is 6.75. The van der Waals surface area contributed by atoms with Crippen LogP contribution in [0.4, 0.5) is 34.1 Å². The van der Waals surface area contributed by atoms with Crippen LogP contribution >= 0.6 is 0 Å². The maximum Gasteiger partial charge on any atom is 0.159 e. The zero-order valence-corrected chi connectivity index (χ0v) is 50.1. The Hall–Kier alpha value is -10.4. The number of hydrogen-bond donors (Lipinski definition) is 0. The van der Waals surface area contributed by atoms with E-state index in [2.05, 4.69) is 318 Å².